The molecule has 3 N–H and O–H groups in total. The monoisotopic (exact) mass is 429 g/mol. The summed E-state index contributed by atoms with van der Waals surface area (Å²) in [5.41, 5.74) is 2.80. The summed E-state index contributed by atoms with van der Waals surface area (Å²) in [4.78, 5) is 0.165. The molecule has 0 amide bonds. The Morgan fingerprint density at radius 1 is 1.00 bits per heavy atom. The number of furan rings is 1. The number of anilines is 2. The smallest absolute Gasteiger partial charge is 0.240 e. The van der Waals surface area contributed by atoms with Gasteiger partial charge >= 0.3 is 0 Å². The van der Waals surface area contributed by atoms with Crippen LogP contribution in [-0.4, -0.2) is 13.5 Å². The molecule has 0 saturated heterocycles. The molecule has 6 nitrogen and oxygen atoms in total. The van der Waals surface area contributed by atoms with Crippen LogP contribution < -0.4 is 15.4 Å². The Balaban J connectivity index is 1.62. The van der Waals surface area contributed by atoms with Crippen molar-refractivity contribution in [2.24, 2.45) is 0 Å². The van der Waals surface area contributed by atoms with E-state index in [9.17, 15) is 8.42 Å². The van der Waals surface area contributed by atoms with Gasteiger partial charge in [-0.3, -0.25) is 0 Å². The molecule has 0 aliphatic rings. The lowest BCUT2D eigenvalue weighted by Crippen LogP contribution is -2.23. The van der Waals surface area contributed by atoms with Crippen molar-refractivity contribution >= 4 is 38.7 Å². The minimum Gasteiger partial charge on any atom is -0.468 e. The van der Waals surface area contributed by atoms with Crippen LogP contribution in [0.3, 0.4) is 0 Å². The summed E-state index contributed by atoms with van der Waals surface area (Å²) in [6.07, 6.45) is 1.50. The Morgan fingerprint density at radius 2 is 1.72 bits per heavy atom. The highest BCUT2D eigenvalue weighted by atomic mass is 32.2. The Bertz CT molecular complexity index is 1060. The van der Waals surface area contributed by atoms with Crippen LogP contribution in [-0.2, 0) is 16.6 Å². The van der Waals surface area contributed by atoms with Gasteiger partial charge < -0.3 is 15.1 Å². The first-order valence-corrected chi connectivity index (χ1v) is 11.0. The molecule has 29 heavy (non-hydrogen) atoms. The average molecular weight is 430 g/mol. The molecule has 0 saturated carbocycles. The zero-order valence-electron chi connectivity index (χ0n) is 16.2. The maximum absolute atomic E-state index is 12.4. The Hall–Kier alpha value is -2.68. The first kappa shape index (κ1) is 21.0. The predicted molar refractivity (Wildman–Crippen MR) is 120 cm³/mol. The van der Waals surface area contributed by atoms with Crippen LogP contribution in [0.15, 0.2) is 76.2 Å². The van der Waals surface area contributed by atoms with Crippen LogP contribution in [0.25, 0.3) is 0 Å². The third-order valence-corrected chi connectivity index (χ3v) is 5.89. The number of rotatable bonds is 7. The van der Waals surface area contributed by atoms with Gasteiger partial charge in [0.1, 0.15) is 5.76 Å². The quantitative estimate of drug-likeness (QED) is 0.473. The number of benzene rings is 2. The van der Waals surface area contributed by atoms with Crippen molar-refractivity contribution in [2.75, 3.05) is 10.6 Å². The SMILES string of the molecule is CC(C)c1ccccc1NC(=S)Nc1ccc(S(=O)(=O)NCc2ccco2)cc1. The zero-order valence-corrected chi connectivity index (χ0v) is 17.8. The molecular weight excluding hydrogens is 406 g/mol. The molecular formula is C21H23N3O3S2. The molecule has 0 aliphatic heterocycles. The summed E-state index contributed by atoms with van der Waals surface area (Å²) in [5.74, 6) is 0.907. The van der Waals surface area contributed by atoms with Crippen LogP contribution in [0.5, 0.6) is 0 Å². The van der Waals surface area contributed by atoms with E-state index in [1.807, 2.05) is 18.2 Å². The van der Waals surface area contributed by atoms with Gasteiger partial charge in [0.15, 0.2) is 5.11 Å². The van der Waals surface area contributed by atoms with Crippen LogP contribution in [0.4, 0.5) is 11.4 Å². The Kier molecular flexibility index (Phi) is 6.68. The van der Waals surface area contributed by atoms with Gasteiger partial charge in [-0.1, -0.05) is 32.0 Å². The van der Waals surface area contributed by atoms with E-state index in [1.54, 1.807) is 24.3 Å². The van der Waals surface area contributed by atoms with E-state index in [1.165, 1.54) is 24.0 Å². The highest BCUT2D eigenvalue weighted by Gasteiger charge is 2.14. The van der Waals surface area contributed by atoms with Gasteiger partial charge in [-0.2, -0.15) is 0 Å². The molecule has 0 fully saturated rings. The first-order valence-electron chi connectivity index (χ1n) is 9.14. The van der Waals surface area contributed by atoms with Crippen LogP contribution >= 0.6 is 12.2 Å². The number of thiocarbonyl (C=S) groups is 1. The molecule has 0 aliphatic carbocycles. The second kappa shape index (κ2) is 9.21. The zero-order chi connectivity index (χ0) is 20.9. The van der Waals surface area contributed by atoms with E-state index < -0.39 is 10.0 Å². The lowest BCUT2D eigenvalue weighted by molar-refractivity contribution is 0.498. The Morgan fingerprint density at radius 3 is 2.38 bits per heavy atom. The van der Waals surface area contributed by atoms with E-state index in [-0.39, 0.29) is 11.4 Å². The largest absolute Gasteiger partial charge is 0.468 e. The van der Waals surface area contributed by atoms with Crippen molar-refractivity contribution in [3.8, 4) is 0 Å². The Labute approximate surface area is 176 Å². The number of hydrogen-bond acceptors (Lipinski definition) is 4. The van der Waals surface area contributed by atoms with Gasteiger partial charge in [0.25, 0.3) is 0 Å². The number of hydrogen-bond donors (Lipinski definition) is 3. The van der Waals surface area contributed by atoms with Gasteiger partial charge in [-0.05, 0) is 66.2 Å². The average Bonchev–Trinajstić information content (AvgIpc) is 3.21. The van der Waals surface area contributed by atoms with E-state index in [0.717, 1.165) is 5.69 Å². The van der Waals surface area contributed by atoms with Crippen LogP contribution in [0.1, 0.15) is 31.1 Å². The maximum Gasteiger partial charge on any atom is 0.240 e. The summed E-state index contributed by atoms with van der Waals surface area (Å²) >= 11 is 5.39. The fraction of sp³-hybridized carbons (Fsp3) is 0.190. The van der Waals surface area contributed by atoms with Gasteiger partial charge in [-0.25, -0.2) is 13.1 Å². The first-order chi connectivity index (χ1) is 13.8. The molecule has 1 aromatic heterocycles. The van der Waals surface area contributed by atoms with Crippen molar-refractivity contribution in [1.29, 1.82) is 0 Å². The number of nitrogens with one attached hydrogen (secondary N) is 3. The highest BCUT2D eigenvalue weighted by Crippen LogP contribution is 2.24. The third-order valence-electron chi connectivity index (χ3n) is 4.27. The van der Waals surface area contributed by atoms with E-state index in [0.29, 0.717) is 22.5 Å². The molecule has 2 aromatic carbocycles. The minimum absolute atomic E-state index is 0.0958. The third kappa shape index (κ3) is 5.66. The van der Waals surface area contributed by atoms with Gasteiger partial charge in [0.05, 0.1) is 17.7 Å². The summed E-state index contributed by atoms with van der Waals surface area (Å²) in [7, 11) is -3.63. The van der Waals surface area contributed by atoms with Crippen molar-refractivity contribution in [1.82, 2.24) is 4.72 Å². The van der Waals surface area contributed by atoms with Crippen molar-refractivity contribution in [3.05, 3.63) is 78.3 Å². The van der Waals surface area contributed by atoms with Crippen molar-refractivity contribution < 1.29 is 12.8 Å². The lowest BCUT2D eigenvalue weighted by atomic mass is 10.0. The van der Waals surface area contributed by atoms with E-state index >= 15 is 0 Å². The van der Waals surface area contributed by atoms with Crippen molar-refractivity contribution in [3.63, 3.8) is 0 Å². The number of sulfonamides is 1. The molecule has 0 radical (unpaired) electrons. The standard InChI is InChI=1S/C21H23N3O3S2/c1-15(2)19-7-3-4-8-20(19)24-21(28)23-16-9-11-18(12-10-16)29(25,26)22-14-17-6-5-13-27-17/h3-13,15,22H,14H2,1-2H3,(H2,23,24,28). The maximum atomic E-state index is 12.4. The summed E-state index contributed by atoms with van der Waals surface area (Å²) < 4.78 is 32.4. The van der Waals surface area contributed by atoms with Crippen LogP contribution in [0.2, 0.25) is 0 Å². The summed E-state index contributed by atoms with van der Waals surface area (Å²) in [5, 5.41) is 6.71. The second-order valence-corrected chi connectivity index (χ2v) is 8.92. The fourth-order valence-corrected chi connectivity index (χ4v) is 4.00. The highest BCUT2D eigenvalue weighted by molar-refractivity contribution is 7.89. The normalized spacial score (nSPS) is 11.4. The molecule has 0 unspecified atom stereocenters. The molecule has 1 heterocycles. The molecule has 3 aromatic rings. The minimum atomic E-state index is -3.63. The van der Waals surface area contributed by atoms with Crippen LogP contribution in [0, 0.1) is 0 Å². The molecule has 0 spiro atoms. The molecule has 8 heteroatoms. The summed E-state index contributed by atoms with van der Waals surface area (Å²) in [6, 6.07) is 17.8. The fourth-order valence-electron chi connectivity index (χ4n) is 2.78. The topological polar surface area (TPSA) is 83.4 Å². The van der Waals surface area contributed by atoms with E-state index in [4.69, 9.17) is 16.6 Å². The predicted octanol–water partition coefficient (Wildman–Crippen LogP) is 4.69. The molecule has 3 rings (SSSR count). The van der Waals surface area contributed by atoms with Gasteiger partial charge in [0, 0.05) is 11.4 Å². The number of para-hydroxylation sites is 1. The van der Waals surface area contributed by atoms with E-state index in [2.05, 4.69) is 35.3 Å². The summed E-state index contributed by atoms with van der Waals surface area (Å²) in [6.45, 7) is 4.34. The molecule has 0 bridgehead atoms. The van der Waals surface area contributed by atoms with Gasteiger partial charge in [0.2, 0.25) is 10.0 Å². The second-order valence-electron chi connectivity index (χ2n) is 6.75. The van der Waals surface area contributed by atoms with Gasteiger partial charge in [-0.15, -0.1) is 0 Å². The molecule has 0 atom stereocenters. The lowest BCUT2D eigenvalue weighted by Gasteiger charge is -2.16. The van der Waals surface area contributed by atoms with Crippen molar-refractivity contribution in [2.45, 2.75) is 31.2 Å². The molecule has 152 valence electrons.